The summed E-state index contributed by atoms with van der Waals surface area (Å²) in [6.45, 7) is 0. The van der Waals surface area contributed by atoms with Crippen LogP contribution in [0.3, 0.4) is 0 Å². The van der Waals surface area contributed by atoms with Crippen LogP contribution in [0.4, 0.5) is 0 Å². The Morgan fingerprint density at radius 3 is 0.297 bits per heavy atom. The van der Waals surface area contributed by atoms with Crippen molar-refractivity contribution in [3.05, 3.63) is 413 Å². The summed E-state index contributed by atoms with van der Waals surface area (Å²) < 4.78 is 0. The van der Waals surface area contributed by atoms with Gasteiger partial charge in [0.05, 0.1) is 0 Å². The van der Waals surface area contributed by atoms with Gasteiger partial charge in [-0.25, -0.2) is 0 Å². The standard InChI is InChI=1S/4C24H18O.Ti/c4*25-24-22(19-12-6-2-7-13-19)16-21(18-10-4-1-5-11-18)17-23(24)20-14-8-3-9-15-20;/h4*1-17,25H;. The molecule has 0 aliphatic heterocycles. The number of hydrogen-bond acceptors (Lipinski definition) is 4. The summed E-state index contributed by atoms with van der Waals surface area (Å²) in [6.07, 6.45) is 0. The molecule has 0 unspecified atom stereocenters. The number of rotatable bonds is 12. The van der Waals surface area contributed by atoms with Crippen LogP contribution in [0.1, 0.15) is 0 Å². The second-order valence-electron chi connectivity index (χ2n) is 24.1. The zero-order valence-corrected chi connectivity index (χ0v) is 57.1. The molecule has 0 bridgehead atoms. The summed E-state index contributed by atoms with van der Waals surface area (Å²) in [5.74, 6) is 1.27. The molecular formula is C96H72O4Ti. The molecule has 0 amide bonds. The van der Waals surface area contributed by atoms with Crippen molar-refractivity contribution in [1.29, 1.82) is 0 Å². The quantitative estimate of drug-likeness (QED) is 0.0919. The number of phenolic OH excluding ortho intramolecular Hbond substituents is 4. The van der Waals surface area contributed by atoms with Gasteiger partial charge in [0.2, 0.25) is 0 Å². The SMILES string of the molecule is Oc1c(-c2ccccc2)cc(-c2ccccc2)cc1-c1ccccc1.Oc1c(-c2ccccc2)cc(-c2ccccc2)cc1-c1ccccc1.Oc1c(-c2ccccc2)cc(-c2ccccc2)cc1-c1ccccc1.Oc1c(-c2ccccc2)cc(-c2ccccc2)cc1-c1ccccc1.[Ti]. The first-order valence-corrected chi connectivity index (χ1v) is 33.4. The smallest absolute Gasteiger partial charge is 0.131 e. The van der Waals surface area contributed by atoms with Crippen molar-refractivity contribution in [3.8, 4) is 157 Å². The van der Waals surface area contributed by atoms with Gasteiger partial charge in [0.25, 0.3) is 0 Å². The number of phenols is 4. The van der Waals surface area contributed by atoms with Crippen molar-refractivity contribution in [2.24, 2.45) is 0 Å². The summed E-state index contributed by atoms with van der Waals surface area (Å²) in [7, 11) is 0. The number of aromatic hydroxyl groups is 4. The third-order valence-electron chi connectivity index (χ3n) is 17.5. The predicted molar refractivity (Wildman–Crippen MR) is 418 cm³/mol. The van der Waals surface area contributed by atoms with Crippen LogP contribution in [0.5, 0.6) is 23.0 Å². The molecule has 16 rings (SSSR count). The molecule has 0 aromatic heterocycles. The van der Waals surface area contributed by atoms with E-state index in [1.165, 1.54) is 0 Å². The van der Waals surface area contributed by atoms with Crippen molar-refractivity contribution in [2.45, 2.75) is 0 Å². The van der Waals surface area contributed by atoms with Crippen molar-refractivity contribution < 1.29 is 42.1 Å². The molecule has 484 valence electrons. The summed E-state index contributed by atoms with van der Waals surface area (Å²) >= 11 is 0. The molecular weight excluding hydrogens is 1260 g/mol. The molecule has 0 aliphatic rings. The van der Waals surface area contributed by atoms with E-state index in [1.807, 2.05) is 315 Å². The molecule has 16 aromatic carbocycles. The average molecular weight is 1340 g/mol. The van der Waals surface area contributed by atoms with Gasteiger partial charge in [-0.3, -0.25) is 0 Å². The van der Waals surface area contributed by atoms with Crippen LogP contribution >= 0.6 is 0 Å². The van der Waals surface area contributed by atoms with Crippen LogP contribution in [-0.4, -0.2) is 20.4 Å². The van der Waals surface area contributed by atoms with E-state index in [-0.39, 0.29) is 21.7 Å². The van der Waals surface area contributed by atoms with Crippen LogP contribution in [0.15, 0.2) is 413 Å². The van der Waals surface area contributed by atoms with E-state index in [1.54, 1.807) is 0 Å². The molecule has 0 radical (unpaired) electrons. The Balaban J connectivity index is 0.000000127. The zero-order chi connectivity index (χ0) is 68.2. The fraction of sp³-hybridized carbons (Fsp3) is 0. The van der Waals surface area contributed by atoms with Crippen molar-refractivity contribution >= 4 is 0 Å². The van der Waals surface area contributed by atoms with Crippen LogP contribution in [0, 0.1) is 0 Å². The van der Waals surface area contributed by atoms with E-state index >= 15 is 0 Å². The van der Waals surface area contributed by atoms with Crippen molar-refractivity contribution in [3.63, 3.8) is 0 Å². The Morgan fingerprint density at radius 1 is 0.109 bits per heavy atom. The fourth-order valence-corrected chi connectivity index (χ4v) is 12.4. The van der Waals surface area contributed by atoms with Gasteiger partial charge in [-0.05, 0) is 138 Å². The normalized spacial score (nSPS) is 10.5. The van der Waals surface area contributed by atoms with Crippen LogP contribution < -0.4 is 0 Å². The maximum absolute atomic E-state index is 11.0. The fourth-order valence-electron chi connectivity index (χ4n) is 12.4. The molecule has 4 nitrogen and oxygen atoms in total. The van der Waals surface area contributed by atoms with Crippen LogP contribution in [-0.2, 0) is 21.7 Å². The molecule has 0 saturated heterocycles. The monoisotopic (exact) mass is 1340 g/mol. The molecule has 101 heavy (non-hydrogen) atoms. The Morgan fingerprint density at radius 2 is 0.198 bits per heavy atom. The van der Waals surface area contributed by atoms with Crippen molar-refractivity contribution in [1.82, 2.24) is 0 Å². The second kappa shape index (κ2) is 33.6. The largest absolute Gasteiger partial charge is 0.507 e. The topological polar surface area (TPSA) is 80.9 Å². The Labute approximate surface area is 606 Å². The minimum Gasteiger partial charge on any atom is -0.507 e. The van der Waals surface area contributed by atoms with Gasteiger partial charge < -0.3 is 20.4 Å². The number of hydrogen-bond donors (Lipinski definition) is 4. The van der Waals surface area contributed by atoms with E-state index in [2.05, 4.69) is 97.1 Å². The summed E-state index contributed by atoms with van der Waals surface area (Å²) in [5, 5.41) is 43.9. The molecule has 0 fully saturated rings. The maximum atomic E-state index is 11.0. The van der Waals surface area contributed by atoms with Gasteiger partial charge in [0, 0.05) is 66.2 Å². The maximum Gasteiger partial charge on any atom is 0.131 e. The molecule has 0 aliphatic carbocycles. The van der Waals surface area contributed by atoms with E-state index in [4.69, 9.17) is 0 Å². The van der Waals surface area contributed by atoms with Gasteiger partial charge in [-0.1, -0.05) is 364 Å². The molecule has 0 heterocycles. The third-order valence-corrected chi connectivity index (χ3v) is 17.5. The molecule has 5 heteroatoms. The predicted octanol–water partition coefficient (Wildman–Crippen LogP) is 25.6. The first-order chi connectivity index (χ1) is 49.3. The minimum absolute atomic E-state index is 0. The third kappa shape index (κ3) is 16.7. The van der Waals surface area contributed by atoms with E-state index in [0.717, 1.165) is 134 Å². The van der Waals surface area contributed by atoms with Gasteiger partial charge in [0.1, 0.15) is 23.0 Å². The number of benzene rings is 16. The first-order valence-electron chi connectivity index (χ1n) is 33.4. The van der Waals surface area contributed by atoms with Gasteiger partial charge in [0.15, 0.2) is 0 Å². The second-order valence-corrected chi connectivity index (χ2v) is 24.1. The van der Waals surface area contributed by atoms with Gasteiger partial charge >= 0.3 is 0 Å². The van der Waals surface area contributed by atoms with Crippen LogP contribution in [0.2, 0.25) is 0 Å². The average Bonchev–Trinajstić information content (AvgIpc) is 0.814. The Hall–Kier alpha value is -12.6. The van der Waals surface area contributed by atoms with E-state index in [9.17, 15) is 20.4 Å². The summed E-state index contributed by atoms with van der Waals surface area (Å²) in [5.41, 5.74) is 23.8. The first kappa shape index (κ1) is 68.4. The molecule has 0 spiro atoms. The summed E-state index contributed by atoms with van der Waals surface area (Å²) in [6, 6.07) is 138. The van der Waals surface area contributed by atoms with Crippen LogP contribution in [0.25, 0.3) is 134 Å². The summed E-state index contributed by atoms with van der Waals surface area (Å²) in [4.78, 5) is 0. The minimum atomic E-state index is 0. The van der Waals surface area contributed by atoms with E-state index in [0.29, 0.717) is 23.0 Å². The van der Waals surface area contributed by atoms with E-state index < -0.39 is 0 Å². The van der Waals surface area contributed by atoms with Gasteiger partial charge in [-0.15, -0.1) is 0 Å². The van der Waals surface area contributed by atoms with Crippen molar-refractivity contribution in [2.75, 3.05) is 0 Å². The molecule has 4 N–H and O–H groups in total. The molecule has 16 aromatic rings. The van der Waals surface area contributed by atoms with Gasteiger partial charge in [-0.2, -0.15) is 0 Å². The Bertz CT molecular complexity index is 4340. The Kier molecular flexibility index (Phi) is 22.7. The zero-order valence-electron chi connectivity index (χ0n) is 55.5. The molecule has 0 saturated carbocycles. The molecule has 0 atom stereocenters.